The maximum Gasteiger partial charge on any atom is 0.234 e. The molecule has 0 saturated carbocycles. The van der Waals surface area contributed by atoms with Crippen LogP contribution in [0, 0.1) is 5.82 Å². The van der Waals surface area contributed by atoms with Crippen LogP contribution in [0.2, 0.25) is 5.02 Å². The summed E-state index contributed by atoms with van der Waals surface area (Å²) in [4.78, 5) is 5.96. The van der Waals surface area contributed by atoms with Gasteiger partial charge in [-0.15, -0.1) is 0 Å². The highest BCUT2D eigenvalue weighted by atomic mass is 35.5. The van der Waals surface area contributed by atoms with Crippen molar-refractivity contribution in [3.63, 3.8) is 0 Å². The van der Waals surface area contributed by atoms with Gasteiger partial charge in [0.15, 0.2) is 5.82 Å². The third-order valence-electron chi connectivity index (χ3n) is 3.68. The summed E-state index contributed by atoms with van der Waals surface area (Å²) < 4.78 is 15.2. The SMILES string of the molecule is Oc1c(F)ccc2nc(-c3ccc(Cl)cc3)c(Cn3nccn3)n12. The molecule has 3 heterocycles. The average Bonchev–Trinajstić information content (AvgIpc) is 3.21. The van der Waals surface area contributed by atoms with E-state index >= 15 is 0 Å². The van der Waals surface area contributed by atoms with Crippen molar-refractivity contribution in [2.24, 2.45) is 0 Å². The number of nitrogens with zero attached hydrogens (tertiary/aromatic N) is 5. The van der Waals surface area contributed by atoms with Crippen LogP contribution in [-0.4, -0.2) is 29.5 Å². The molecule has 1 aromatic carbocycles. The van der Waals surface area contributed by atoms with Crippen molar-refractivity contribution in [2.45, 2.75) is 6.54 Å². The van der Waals surface area contributed by atoms with E-state index in [4.69, 9.17) is 11.6 Å². The quantitative estimate of drug-likeness (QED) is 0.620. The van der Waals surface area contributed by atoms with Crippen LogP contribution in [0.1, 0.15) is 5.69 Å². The number of rotatable bonds is 3. The van der Waals surface area contributed by atoms with Gasteiger partial charge in [-0.2, -0.15) is 15.0 Å². The van der Waals surface area contributed by atoms with Crippen LogP contribution in [0.4, 0.5) is 4.39 Å². The average molecular weight is 344 g/mol. The van der Waals surface area contributed by atoms with Gasteiger partial charge in [0.05, 0.1) is 23.8 Å². The standard InChI is InChI=1S/C16H11ClFN5O/c17-11-3-1-10(2-4-11)15-13(9-22-19-7-8-20-22)23-14(21-15)6-5-12(18)16(23)24/h1-8,24H,9H2. The zero-order valence-corrected chi connectivity index (χ0v) is 13.0. The van der Waals surface area contributed by atoms with Gasteiger partial charge in [0, 0.05) is 10.6 Å². The van der Waals surface area contributed by atoms with Crippen LogP contribution in [0.3, 0.4) is 0 Å². The molecule has 24 heavy (non-hydrogen) atoms. The lowest BCUT2D eigenvalue weighted by Gasteiger charge is -2.07. The van der Waals surface area contributed by atoms with Gasteiger partial charge in [-0.25, -0.2) is 9.37 Å². The molecule has 8 heteroatoms. The summed E-state index contributed by atoms with van der Waals surface area (Å²) >= 11 is 5.94. The van der Waals surface area contributed by atoms with Crippen molar-refractivity contribution in [3.05, 3.63) is 65.3 Å². The molecule has 0 aliphatic carbocycles. The van der Waals surface area contributed by atoms with E-state index in [0.29, 0.717) is 22.1 Å². The van der Waals surface area contributed by atoms with Crippen molar-refractivity contribution in [1.82, 2.24) is 24.4 Å². The fourth-order valence-electron chi connectivity index (χ4n) is 2.59. The zero-order chi connectivity index (χ0) is 16.7. The molecule has 0 radical (unpaired) electrons. The topological polar surface area (TPSA) is 68.2 Å². The number of pyridine rings is 1. The molecule has 4 aromatic rings. The molecule has 0 spiro atoms. The van der Waals surface area contributed by atoms with E-state index in [1.54, 1.807) is 24.5 Å². The predicted octanol–water partition coefficient (Wildman–Crippen LogP) is 3.14. The first kappa shape index (κ1) is 14.6. The number of hydrogen-bond donors (Lipinski definition) is 1. The summed E-state index contributed by atoms with van der Waals surface area (Å²) in [6.07, 6.45) is 3.09. The fourth-order valence-corrected chi connectivity index (χ4v) is 2.72. The van der Waals surface area contributed by atoms with Gasteiger partial charge in [-0.3, -0.25) is 4.40 Å². The van der Waals surface area contributed by atoms with Gasteiger partial charge < -0.3 is 5.11 Å². The second-order valence-electron chi connectivity index (χ2n) is 5.17. The number of aromatic hydroxyl groups is 1. The Hall–Kier alpha value is -2.93. The highest BCUT2D eigenvalue weighted by molar-refractivity contribution is 6.30. The largest absolute Gasteiger partial charge is 0.492 e. The smallest absolute Gasteiger partial charge is 0.234 e. The Labute approximate surface area is 140 Å². The molecule has 3 aromatic heterocycles. The van der Waals surface area contributed by atoms with E-state index < -0.39 is 11.7 Å². The predicted molar refractivity (Wildman–Crippen MR) is 86.4 cm³/mol. The van der Waals surface area contributed by atoms with Gasteiger partial charge in [0.25, 0.3) is 0 Å². The Kier molecular flexibility index (Phi) is 3.42. The minimum atomic E-state index is -0.725. The van der Waals surface area contributed by atoms with Crippen LogP contribution in [0.25, 0.3) is 16.9 Å². The molecule has 0 amide bonds. The van der Waals surface area contributed by atoms with Crippen LogP contribution in [0.5, 0.6) is 5.88 Å². The summed E-state index contributed by atoms with van der Waals surface area (Å²) in [5.41, 5.74) is 2.40. The second-order valence-corrected chi connectivity index (χ2v) is 5.61. The van der Waals surface area contributed by atoms with E-state index in [1.807, 2.05) is 12.1 Å². The minimum absolute atomic E-state index is 0.225. The van der Waals surface area contributed by atoms with Gasteiger partial charge in [0.1, 0.15) is 12.2 Å². The van der Waals surface area contributed by atoms with E-state index in [1.165, 1.54) is 21.3 Å². The van der Waals surface area contributed by atoms with Crippen molar-refractivity contribution in [1.29, 1.82) is 0 Å². The number of imidazole rings is 1. The molecule has 4 rings (SSSR count). The molecule has 0 atom stereocenters. The van der Waals surface area contributed by atoms with Crippen LogP contribution in [0.15, 0.2) is 48.8 Å². The third kappa shape index (κ3) is 2.39. The molecule has 0 unspecified atom stereocenters. The van der Waals surface area contributed by atoms with E-state index in [9.17, 15) is 9.50 Å². The minimum Gasteiger partial charge on any atom is -0.492 e. The fraction of sp³-hybridized carbons (Fsp3) is 0.0625. The lowest BCUT2D eigenvalue weighted by atomic mass is 10.1. The van der Waals surface area contributed by atoms with Gasteiger partial charge in [0.2, 0.25) is 5.88 Å². The van der Waals surface area contributed by atoms with Crippen LogP contribution < -0.4 is 0 Å². The zero-order valence-electron chi connectivity index (χ0n) is 12.3. The molecule has 0 aliphatic rings. The van der Waals surface area contributed by atoms with Gasteiger partial charge >= 0.3 is 0 Å². The number of hydrogen-bond acceptors (Lipinski definition) is 4. The van der Waals surface area contributed by atoms with Crippen molar-refractivity contribution in [3.8, 4) is 17.1 Å². The first-order chi connectivity index (χ1) is 11.6. The highest BCUT2D eigenvalue weighted by Crippen LogP contribution is 2.30. The molecule has 0 aliphatic heterocycles. The molecular weight excluding hydrogens is 333 g/mol. The molecule has 0 bridgehead atoms. The van der Waals surface area contributed by atoms with Crippen molar-refractivity contribution < 1.29 is 9.50 Å². The Morgan fingerprint density at radius 2 is 1.75 bits per heavy atom. The second kappa shape index (κ2) is 5.61. The highest BCUT2D eigenvalue weighted by Gasteiger charge is 2.19. The number of halogens is 2. The summed E-state index contributed by atoms with van der Waals surface area (Å²) in [5.74, 6) is -1.22. The monoisotopic (exact) mass is 343 g/mol. The van der Waals surface area contributed by atoms with E-state index in [0.717, 1.165) is 5.56 Å². The number of benzene rings is 1. The summed E-state index contributed by atoms with van der Waals surface area (Å²) in [5, 5.41) is 18.9. The Balaban J connectivity index is 1.98. The molecular formula is C16H11ClFN5O. The Morgan fingerprint density at radius 1 is 1.04 bits per heavy atom. The number of aromatic nitrogens is 5. The maximum atomic E-state index is 13.8. The lowest BCUT2D eigenvalue weighted by molar-refractivity contribution is 0.400. The number of fused-ring (bicyclic) bond motifs is 1. The molecule has 0 saturated heterocycles. The normalized spacial score (nSPS) is 11.2. The third-order valence-corrected chi connectivity index (χ3v) is 3.93. The van der Waals surface area contributed by atoms with Gasteiger partial charge in [-0.05, 0) is 24.3 Å². The first-order valence-corrected chi connectivity index (χ1v) is 7.50. The molecule has 0 fully saturated rings. The molecule has 6 nitrogen and oxygen atoms in total. The molecule has 1 N–H and O–H groups in total. The Bertz CT molecular complexity index is 1010. The van der Waals surface area contributed by atoms with E-state index in [-0.39, 0.29) is 6.54 Å². The lowest BCUT2D eigenvalue weighted by Crippen LogP contribution is -2.07. The van der Waals surface area contributed by atoms with Gasteiger partial charge in [-0.1, -0.05) is 23.7 Å². The maximum absolute atomic E-state index is 13.8. The molecule has 120 valence electrons. The first-order valence-electron chi connectivity index (χ1n) is 7.12. The Morgan fingerprint density at radius 3 is 2.46 bits per heavy atom. The van der Waals surface area contributed by atoms with Crippen molar-refractivity contribution >= 4 is 17.2 Å². The summed E-state index contributed by atoms with van der Waals surface area (Å²) in [6, 6.07) is 9.82. The van der Waals surface area contributed by atoms with Crippen LogP contribution in [-0.2, 0) is 6.54 Å². The van der Waals surface area contributed by atoms with Crippen LogP contribution >= 0.6 is 11.6 Å². The van der Waals surface area contributed by atoms with E-state index in [2.05, 4.69) is 15.2 Å². The summed E-state index contributed by atoms with van der Waals surface area (Å²) in [7, 11) is 0. The summed E-state index contributed by atoms with van der Waals surface area (Å²) in [6.45, 7) is 0.225. The van der Waals surface area contributed by atoms with Crippen molar-refractivity contribution in [2.75, 3.05) is 0 Å².